The van der Waals surface area contributed by atoms with E-state index >= 15 is 0 Å². The van der Waals surface area contributed by atoms with Gasteiger partial charge < -0.3 is 10.2 Å². The minimum atomic E-state index is -0.669. The lowest BCUT2D eigenvalue weighted by Crippen LogP contribution is -2.36. The van der Waals surface area contributed by atoms with Crippen LogP contribution in [-0.2, 0) is 0 Å². The third-order valence-electron chi connectivity index (χ3n) is 4.45. The van der Waals surface area contributed by atoms with Crippen LogP contribution < -0.4 is 5.32 Å². The third kappa shape index (κ3) is 4.25. The van der Waals surface area contributed by atoms with E-state index in [1.165, 1.54) is 12.1 Å². The molecule has 2 amide bonds. The van der Waals surface area contributed by atoms with Crippen molar-refractivity contribution in [1.29, 1.82) is 0 Å². The SMILES string of the molecule is O=C(Nc1ccccc1C(=O)N1CCCCC1)c1ccc(Cl)cc1[N+](=O)[O-]. The van der Waals surface area contributed by atoms with E-state index in [4.69, 9.17) is 11.6 Å². The fraction of sp³-hybridized carbons (Fsp3) is 0.263. The fourth-order valence-electron chi connectivity index (χ4n) is 3.08. The maximum Gasteiger partial charge on any atom is 0.283 e. The summed E-state index contributed by atoms with van der Waals surface area (Å²) >= 11 is 5.79. The summed E-state index contributed by atoms with van der Waals surface area (Å²) in [5.41, 5.74) is 0.177. The first-order valence-corrected chi connectivity index (χ1v) is 8.99. The Hall–Kier alpha value is -2.93. The molecule has 0 spiro atoms. The Kier molecular flexibility index (Phi) is 5.71. The first-order chi connectivity index (χ1) is 13.0. The molecule has 0 atom stereocenters. The lowest BCUT2D eigenvalue weighted by Gasteiger charge is -2.27. The van der Waals surface area contributed by atoms with Gasteiger partial charge in [-0.05, 0) is 43.5 Å². The minimum absolute atomic E-state index is 0.121. The summed E-state index contributed by atoms with van der Waals surface area (Å²) in [7, 11) is 0. The summed E-state index contributed by atoms with van der Waals surface area (Å²) in [6.45, 7) is 1.37. The molecule has 2 aromatic carbocycles. The van der Waals surface area contributed by atoms with Crippen molar-refractivity contribution in [1.82, 2.24) is 4.90 Å². The van der Waals surface area contributed by atoms with Crippen molar-refractivity contribution in [3.63, 3.8) is 0 Å². The van der Waals surface area contributed by atoms with Crippen molar-refractivity contribution in [2.24, 2.45) is 0 Å². The number of benzene rings is 2. The van der Waals surface area contributed by atoms with E-state index in [1.807, 2.05) is 0 Å². The average molecular weight is 388 g/mol. The highest BCUT2D eigenvalue weighted by atomic mass is 35.5. The number of nitro groups is 1. The molecule has 0 aliphatic carbocycles. The number of piperidine rings is 1. The number of para-hydroxylation sites is 1. The van der Waals surface area contributed by atoms with E-state index in [2.05, 4.69) is 5.32 Å². The summed E-state index contributed by atoms with van der Waals surface area (Å²) in [6, 6.07) is 10.5. The summed E-state index contributed by atoms with van der Waals surface area (Å²) in [5, 5.41) is 14.0. The van der Waals surface area contributed by atoms with Gasteiger partial charge in [0.25, 0.3) is 17.5 Å². The highest BCUT2D eigenvalue weighted by Crippen LogP contribution is 2.26. The van der Waals surface area contributed by atoms with Crippen molar-refractivity contribution in [3.05, 3.63) is 68.7 Å². The van der Waals surface area contributed by atoms with Crippen LogP contribution in [0.15, 0.2) is 42.5 Å². The zero-order chi connectivity index (χ0) is 19.4. The van der Waals surface area contributed by atoms with E-state index in [0.29, 0.717) is 24.3 Å². The summed E-state index contributed by atoms with van der Waals surface area (Å²) in [4.78, 5) is 37.7. The van der Waals surface area contributed by atoms with E-state index in [9.17, 15) is 19.7 Å². The van der Waals surface area contributed by atoms with Gasteiger partial charge in [0.2, 0.25) is 0 Å². The first-order valence-electron chi connectivity index (χ1n) is 8.61. The monoisotopic (exact) mass is 387 g/mol. The molecule has 140 valence electrons. The van der Waals surface area contributed by atoms with Crippen molar-refractivity contribution in [3.8, 4) is 0 Å². The quantitative estimate of drug-likeness (QED) is 0.630. The fourth-order valence-corrected chi connectivity index (χ4v) is 3.25. The lowest BCUT2D eigenvalue weighted by atomic mass is 10.1. The standard InChI is InChI=1S/C19H18ClN3O4/c20-13-8-9-15(17(12-13)23(26)27)18(24)21-16-7-3-2-6-14(16)19(25)22-10-4-1-5-11-22/h2-3,6-9,12H,1,4-5,10-11H2,(H,21,24). The van der Waals surface area contributed by atoms with Crippen LogP contribution in [0.1, 0.15) is 40.0 Å². The molecule has 7 nitrogen and oxygen atoms in total. The van der Waals surface area contributed by atoms with Gasteiger partial charge in [-0.1, -0.05) is 23.7 Å². The highest BCUT2D eigenvalue weighted by molar-refractivity contribution is 6.31. The Morgan fingerprint density at radius 3 is 2.44 bits per heavy atom. The van der Waals surface area contributed by atoms with Crippen LogP contribution in [0, 0.1) is 10.1 Å². The molecule has 0 radical (unpaired) electrons. The van der Waals surface area contributed by atoms with Gasteiger partial charge in [0.05, 0.1) is 16.2 Å². The van der Waals surface area contributed by atoms with Gasteiger partial charge in [-0.25, -0.2) is 0 Å². The van der Waals surface area contributed by atoms with Gasteiger partial charge in [-0.2, -0.15) is 0 Å². The number of nitrogens with zero attached hydrogens (tertiary/aromatic N) is 2. The maximum atomic E-state index is 12.8. The molecule has 1 fully saturated rings. The van der Waals surface area contributed by atoms with Crippen molar-refractivity contribution < 1.29 is 14.5 Å². The van der Waals surface area contributed by atoms with Crippen molar-refractivity contribution in [2.75, 3.05) is 18.4 Å². The zero-order valence-corrected chi connectivity index (χ0v) is 15.2. The predicted octanol–water partition coefficient (Wildman–Crippen LogP) is 4.13. The maximum absolute atomic E-state index is 12.8. The Bertz CT molecular complexity index is 894. The molecule has 1 saturated heterocycles. The normalized spacial score (nSPS) is 13.9. The second-order valence-corrected chi connectivity index (χ2v) is 6.71. The van der Waals surface area contributed by atoms with Crippen molar-refractivity contribution >= 4 is 34.8 Å². The van der Waals surface area contributed by atoms with Gasteiger partial charge in [0, 0.05) is 24.2 Å². The molecule has 1 aliphatic heterocycles. The third-order valence-corrected chi connectivity index (χ3v) is 4.69. The molecule has 0 saturated carbocycles. The van der Waals surface area contributed by atoms with Gasteiger partial charge in [-0.3, -0.25) is 19.7 Å². The van der Waals surface area contributed by atoms with Crippen LogP contribution in [0.25, 0.3) is 0 Å². The molecule has 0 aromatic heterocycles. The zero-order valence-electron chi connectivity index (χ0n) is 14.5. The number of nitrogens with one attached hydrogen (secondary N) is 1. The number of anilines is 1. The van der Waals surface area contributed by atoms with E-state index < -0.39 is 10.8 Å². The molecule has 1 N–H and O–H groups in total. The molecular weight excluding hydrogens is 370 g/mol. The smallest absolute Gasteiger partial charge is 0.283 e. The van der Waals surface area contributed by atoms with Gasteiger partial charge in [-0.15, -0.1) is 0 Å². The van der Waals surface area contributed by atoms with Gasteiger partial charge in [0.15, 0.2) is 0 Å². The molecule has 1 aliphatic rings. The largest absolute Gasteiger partial charge is 0.339 e. The van der Waals surface area contributed by atoms with Crippen LogP contribution in [-0.4, -0.2) is 34.7 Å². The molecule has 0 unspecified atom stereocenters. The number of carbonyl (C=O) groups excluding carboxylic acids is 2. The topological polar surface area (TPSA) is 92.6 Å². The van der Waals surface area contributed by atoms with Crippen LogP contribution in [0.3, 0.4) is 0 Å². The molecule has 2 aromatic rings. The summed E-state index contributed by atoms with van der Waals surface area (Å²) < 4.78 is 0. The number of amides is 2. The van der Waals surface area contributed by atoms with Crippen LogP contribution >= 0.6 is 11.6 Å². The number of carbonyl (C=O) groups is 2. The molecular formula is C19H18ClN3O4. The Morgan fingerprint density at radius 1 is 1.04 bits per heavy atom. The second kappa shape index (κ2) is 8.18. The van der Waals surface area contributed by atoms with Gasteiger partial charge >= 0.3 is 0 Å². The number of rotatable bonds is 4. The Morgan fingerprint density at radius 2 is 1.74 bits per heavy atom. The number of hydrogen-bond acceptors (Lipinski definition) is 4. The molecule has 3 rings (SSSR count). The predicted molar refractivity (Wildman–Crippen MR) is 102 cm³/mol. The number of halogens is 1. The molecule has 27 heavy (non-hydrogen) atoms. The minimum Gasteiger partial charge on any atom is -0.339 e. The summed E-state index contributed by atoms with van der Waals surface area (Å²) in [6.07, 6.45) is 3.01. The number of hydrogen-bond donors (Lipinski definition) is 1. The van der Waals surface area contributed by atoms with E-state index in [1.54, 1.807) is 29.2 Å². The Balaban J connectivity index is 1.87. The highest BCUT2D eigenvalue weighted by Gasteiger charge is 2.24. The lowest BCUT2D eigenvalue weighted by molar-refractivity contribution is -0.385. The Labute approximate surface area is 161 Å². The summed E-state index contributed by atoms with van der Waals surface area (Å²) in [5.74, 6) is -0.825. The van der Waals surface area contributed by atoms with Crippen LogP contribution in [0.4, 0.5) is 11.4 Å². The van der Waals surface area contributed by atoms with E-state index in [0.717, 1.165) is 25.3 Å². The van der Waals surface area contributed by atoms with Crippen LogP contribution in [0.2, 0.25) is 5.02 Å². The average Bonchev–Trinajstić information content (AvgIpc) is 2.68. The van der Waals surface area contributed by atoms with Crippen LogP contribution in [0.5, 0.6) is 0 Å². The van der Waals surface area contributed by atoms with E-state index in [-0.39, 0.29) is 22.2 Å². The second-order valence-electron chi connectivity index (χ2n) is 6.27. The number of likely N-dealkylation sites (tertiary alicyclic amines) is 1. The molecule has 0 bridgehead atoms. The van der Waals surface area contributed by atoms with Crippen molar-refractivity contribution in [2.45, 2.75) is 19.3 Å². The van der Waals surface area contributed by atoms with Gasteiger partial charge in [0.1, 0.15) is 5.56 Å². The molecule has 8 heteroatoms. The number of nitro benzene ring substituents is 1. The first kappa shape index (κ1) is 18.8. The molecule has 1 heterocycles.